The summed E-state index contributed by atoms with van der Waals surface area (Å²) in [6, 6.07) is 10.5. The van der Waals surface area contributed by atoms with Crippen molar-refractivity contribution in [3.63, 3.8) is 0 Å². The Balaban J connectivity index is 1.61. The van der Waals surface area contributed by atoms with Crippen LogP contribution in [0.2, 0.25) is 0 Å². The summed E-state index contributed by atoms with van der Waals surface area (Å²) in [6.45, 7) is 3.76. The van der Waals surface area contributed by atoms with E-state index in [1.165, 1.54) is 11.3 Å². The molecule has 0 radical (unpaired) electrons. The van der Waals surface area contributed by atoms with Crippen molar-refractivity contribution in [3.8, 4) is 0 Å². The lowest BCUT2D eigenvalue weighted by molar-refractivity contribution is 0.0951. The lowest BCUT2D eigenvalue weighted by atomic mass is 10.2. The monoisotopic (exact) mass is 359 g/mol. The highest BCUT2D eigenvalue weighted by Crippen LogP contribution is 2.28. The van der Waals surface area contributed by atoms with Gasteiger partial charge >= 0.3 is 0 Å². The van der Waals surface area contributed by atoms with Crippen LogP contribution >= 0.6 is 15.9 Å². The van der Waals surface area contributed by atoms with Crippen molar-refractivity contribution in [2.45, 2.75) is 19.4 Å². The van der Waals surface area contributed by atoms with Crippen molar-refractivity contribution in [1.82, 2.24) is 10.3 Å². The fraction of sp³-hybridized carbons (Fsp3) is 0.294. The van der Waals surface area contributed by atoms with E-state index in [0.717, 1.165) is 17.4 Å². The number of fused-ring (bicyclic) bond motifs is 1. The molecule has 2 aromatic rings. The minimum Gasteiger partial charge on any atom is -0.366 e. The van der Waals surface area contributed by atoms with Crippen molar-refractivity contribution in [2.24, 2.45) is 0 Å². The van der Waals surface area contributed by atoms with Crippen molar-refractivity contribution >= 4 is 27.5 Å². The predicted molar refractivity (Wildman–Crippen MR) is 91.2 cm³/mol. The van der Waals surface area contributed by atoms with Crippen LogP contribution in [0, 0.1) is 0 Å². The number of hydrogen-bond donors (Lipinski definition) is 1. The first-order chi connectivity index (χ1) is 10.6. The van der Waals surface area contributed by atoms with E-state index in [1.54, 1.807) is 18.5 Å². The van der Waals surface area contributed by atoms with Gasteiger partial charge in [0.15, 0.2) is 0 Å². The van der Waals surface area contributed by atoms with Gasteiger partial charge in [-0.3, -0.25) is 9.78 Å². The zero-order valence-electron chi connectivity index (χ0n) is 12.4. The Morgan fingerprint density at radius 3 is 3.05 bits per heavy atom. The van der Waals surface area contributed by atoms with Gasteiger partial charge in [-0.05, 0) is 47.0 Å². The molecule has 0 unspecified atom stereocenters. The second-order valence-electron chi connectivity index (χ2n) is 5.52. The highest BCUT2D eigenvalue weighted by molar-refractivity contribution is 9.10. The summed E-state index contributed by atoms with van der Waals surface area (Å²) in [7, 11) is 0. The fourth-order valence-corrected chi connectivity index (χ4v) is 3.18. The van der Waals surface area contributed by atoms with Gasteiger partial charge in [0.25, 0.3) is 5.91 Å². The number of rotatable bonds is 4. The molecule has 0 saturated heterocycles. The molecule has 1 aliphatic rings. The summed E-state index contributed by atoms with van der Waals surface area (Å²) >= 11 is 3.33. The number of benzene rings is 1. The van der Waals surface area contributed by atoms with Crippen LogP contribution < -0.4 is 10.2 Å². The minimum absolute atomic E-state index is 0.0897. The van der Waals surface area contributed by atoms with Crippen LogP contribution in [0.25, 0.3) is 0 Å². The maximum absolute atomic E-state index is 12.2. The molecule has 0 bridgehead atoms. The molecule has 5 heteroatoms. The van der Waals surface area contributed by atoms with Crippen LogP contribution in [-0.4, -0.2) is 30.0 Å². The molecule has 0 spiro atoms. The van der Waals surface area contributed by atoms with E-state index in [2.05, 4.69) is 62.3 Å². The van der Waals surface area contributed by atoms with Gasteiger partial charge in [0.05, 0.1) is 5.56 Å². The maximum Gasteiger partial charge on any atom is 0.252 e. The number of nitrogens with zero attached hydrogens (tertiary/aromatic N) is 2. The number of carbonyl (C=O) groups is 1. The zero-order valence-corrected chi connectivity index (χ0v) is 14.0. The quantitative estimate of drug-likeness (QED) is 0.912. The van der Waals surface area contributed by atoms with E-state index in [0.29, 0.717) is 12.1 Å². The fourth-order valence-electron chi connectivity index (χ4n) is 2.81. The Bertz CT molecular complexity index is 689. The molecule has 22 heavy (non-hydrogen) atoms. The number of pyridine rings is 1. The molecule has 3 rings (SSSR count). The van der Waals surface area contributed by atoms with E-state index in [9.17, 15) is 4.79 Å². The SMILES string of the molecule is C[C@H](CNC(=O)c1cncc(Br)c1)N1CCc2ccccc21. The number of para-hydroxylation sites is 1. The van der Waals surface area contributed by atoms with Gasteiger partial charge in [0.2, 0.25) is 0 Å². The highest BCUT2D eigenvalue weighted by atomic mass is 79.9. The second-order valence-corrected chi connectivity index (χ2v) is 6.44. The van der Waals surface area contributed by atoms with Crippen molar-refractivity contribution < 1.29 is 4.79 Å². The summed E-state index contributed by atoms with van der Waals surface area (Å²) in [4.78, 5) is 18.5. The number of aromatic nitrogens is 1. The molecular weight excluding hydrogens is 342 g/mol. The highest BCUT2D eigenvalue weighted by Gasteiger charge is 2.23. The summed E-state index contributed by atoms with van der Waals surface area (Å²) in [5, 5.41) is 2.99. The first-order valence-corrected chi connectivity index (χ1v) is 8.18. The van der Waals surface area contributed by atoms with E-state index in [4.69, 9.17) is 0 Å². The Kier molecular flexibility index (Phi) is 4.43. The van der Waals surface area contributed by atoms with Gasteiger partial charge in [-0.1, -0.05) is 18.2 Å². The van der Waals surface area contributed by atoms with Gasteiger partial charge in [0.1, 0.15) is 0 Å². The summed E-state index contributed by atoms with van der Waals surface area (Å²) in [5.74, 6) is -0.0897. The molecule has 114 valence electrons. The normalized spacial score (nSPS) is 14.5. The predicted octanol–water partition coefficient (Wildman–Crippen LogP) is 3.03. The van der Waals surface area contributed by atoms with Crippen LogP contribution in [-0.2, 0) is 6.42 Å². The number of nitrogens with one attached hydrogen (secondary N) is 1. The van der Waals surface area contributed by atoms with Gasteiger partial charge < -0.3 is 10.2 Å². The Morgan fingerprint density at radius 1 is 1.41 bits per heavy atom. The average Bonchev–Trinajstić information content (AvgIpc) is 2.96. The second kappa shape index (κ2) is 6.48. The lowest BCUT2D eigenvalue weighted by Gasteiger charge is -2.27. The molecule has 4 nitrogen and oxygen atoms in total. The topological polar surface area (TPSA) is 45.2 Å². The molecule has 0 aliphatic carbocycles. The standard InChI is InChI=1S/C17H18BrN3O/c1-12(21-7-6-13-4-2-3-5-16(13)21)9-20-17(22)14-8-15(18)11-19-10-14/h2-5,8,10-12H,6-7,9H2,1H3,(H,20,22)/t12-/m1/s1. The van der Waals surface area contributed by atoms with Crippen molar-refractivity contribution in [2.75, 3.05) is 18.0 Å². The molecule has 1 aromatic heterocycles. The third-order valence-corrected chi connectivity index (χ3v) is 4.41. The lowest BCUT2D eigenvalue weighted by Crippen LogP contribution is -2.41. The molecule has 0 saturated carbocycles. The molecular formula is C17H18BrN3O. The average molecular weight is 360 g/mol. The van der Waals surface area contributed by atoms with Crippen molar-refractivity contribution in [1.29, 1.82) is 0 Å². The van der Waals surface area contributed by atoms with Crippen molar-refractivity contribution in [3.05, 3.63) is 58.3 Å². The van der Waals surface area contributed by atoms with Crippen LogP contribution in [0.3, 0.4) is 0 Å². The van der Waals surface area contributed by atoms with Crippen LogP contribution in [0.15, 0.2) is 47.2 Å². The largest absolute Gasteiger partial charge is 0.366 e. The Morgan fingerprint density at radius 2 is 2.23 bits per heavy atom. The maximum atomic E-state index is 12.2. The molecule has 1 aliphatic heterocycles. The Hall–Kier alpha value is -1.88. The number of amides is 1. The molecule has 1 atom stereocenters. The van der Waals surface area contributed by atoms with Gasteiger partial charge in [-0.15, -0.1) is 0 Å². The Labute approximate surface area is 138 Å². The number of carbonyl (C=O) groups excluding carboxylic acids is 1. The van der Waals surface area contributed by atoms with E-state index < -0.39 is 0 Å². The van der Waals surface area contributed by atoms with Gasteiger partial charge in [-0.2, -0.15) is 0 Å². The summed E-state index contributed by atoms with van der Waals surface area (Å²) < 4.78 is 0.807. The summed E-state index contributed by atoms with van der Waals surface area (Å²) in [6.07, 6.45) is 4.32. The zero-order chi connectivity index (χ0) is 15.5. The first-order valence-electron chi connectivity index (χ1n) is 7.38. The number of anilines is 1. The molecule has 1 aromatic carbocycles. The number of hydrogen-bond acceptors (Lipinski definition) is 3. The summed E-state index contributed by atoms with van der Waals surface area (Å²) in [5.41, 5.74) is 3.24. The third kappa shape index (κ3) is 3.14. The molecule has 1 N–H and O–H groups in total. The molecule has 0 fully saturated rings. The van der Waals surface area contributed by atoms with Gasteiger partial charge in [-0.25, -0.2) is 0 Å². The van der Waals surface area contributed by atoms with Crippen LogP contribution in [0.1, 0.15) is 22.8 Å². The van der Waals surface area contributed by atoms with Gasteiger partial charge in [0, 0.05) is 41.7 Å². The first kappa shape index (κ1) is 15.0. The minimum atomic E-state index is -0.0897. The van der Waals surface area contributed by atoms with E-state index in [-0.39, 0.29) is 11.9 Å². The van der Waals surface area contributed by atoms with Crippen LogP contribution in [0.4, 0.5) is 5.69 Å². The van der Waals surface area contributed by atoms with E-state index >= 15 is 0 Å². The van der Waals surface area contributed by atoms with Crippen LogP contribution in [0.5, 0.6) is 0 Å². The molecule has 1 amide bonds. The third-order valence-electron chi connectivity index (χ3n) is 3.98. The number of halogens is 1. The van der Waals surface area contributed by atoms with E-state index in [1.807, 2.05) is 0 Å². The molecule has 2 heterocycles. The smallest absolute Gasteiger partial charge is 0.252 e.